The maximum Gasteiger partial charge on any atom is 0.341 e. The number of nitrogens with one attached hydrogen (secondary N) is 1. The predicted molar refractivity (Wildman–Crippen MR) is 131 cm³/mol. The molecule has 2 aliphatic rings. The number of hydrogen-bond acceptors (Lipinski definition) is 7. The van der Waals surface area contributed by atoms with E-state index in [1.807, 2.05) is 0 Å². The molecule has 1 N–H and O–H groups in total. The van der Waals surface area contributed by atoms with E-state index < -0.39 is 33.8 Å². The van der Waals surface area contributed by atoms with Crippen molar-refractivity contribution < 1.29 is 27.1 Å². The summed E-state index contributed by atoms with van der Waals surface area (Å²) in [5.74, 6) is -1.51. The Morgan fingerprint density at radius 2 is 1.94 bits per heavy atom. The molecule has 0 spiro atoms. The van der Waals surface area contributed by atoms with Crippen molar-refractivity contribution in [2.75, 3.05) is 25.0 Å². The van der Waals surface area contributed by atoms with Crippen LogP contribution >= 0.6 is 11.3 Å². The number of thiophene rings is 1. The minimum absolute atomic E-state index is 0.0637. The van der Waals surface area contributed by atoms with E-state index in [1.165, 1.54) is 23.5 Å². The zero-order valence-corrected chi connectivity index (χ0v) is 21.7. The highest BCUT2D eigenvalue weighted by Crippen LogP contribution is 2.39. The number of benzene rings is 1. The molecular formula is C24H30FN3O5S2. The van der Waals surface area contributed by atoms with Crippen LogP contribution in [0.4, 0.5) is 9.39 Å². The summed E-state index contributed by atoms with van der Waals surface area (Å²) in [5, 5.41) is 3.25. The van der Waals surface area contributed by atoms with Crippen molar-refractivity contribution >= 4 is 38.2 Å². The summed E-state index contributed by atoms with van der Waals surface area (Å²) in [6.45, 7) is 7.83. The maximum absolute atomic E-state index is 13.3. The first-order valence-electron chi connectivity index (χ1n) is 11.8. The van der Waals surface area contributed by atoms with Crippen LogP contribution in [0.3, 0.4) is 0 Å². The van der Waals surface area contributed by atoms with Crippen molar-refractivity contribution in [1.29, 1.82) is 0 Å². The second-order valence-corrected chi connectivity index (χ2v) is 12.0. The molecule has 1 amide bonds. The van der Waals surface area contributed by atoms with Gasteiger partial charge in [-0.2, -0.15) is 4.31 Å². The van der Waals surface area contributed by atoms with E-state index in [0.29, 0.717) is 42.4 Å². The number of amides is 1. The lowest BCUT2D eigenvalue weighted by Gasteiger charge is -2.30. The van der Waals surface area contributed by atoms with Gasteiger partial charge in [-0.05, 0) is 69.9 Å². The van der Waals surface area contributed by atoms with Crippen molar-refractivity contribution in [3.63, 3.8) is 0 Å². The Bertz CT molecular complexity index is 1210. The van der Waals surface area contributed by atoms with Crippen molar-refractivity contribution in [2.45, 2.75) is 63.6 Å². The molecule has 4 rings (SSSR count). The number of sulfonamides is 1. The third-order valence-corrected chi connectivity index (χ3v) is 9.51. The topological polar surface area (TPSA) is 96.0 Å². The van der Waals surface area contributed by atoms with Gasteiger partial charge in [0.25, 0.3) is 0 Å². The molecule has 0 aliphatic carbocycles. The Morgan fingerprint density at radius 3 is 2.60 bits per heavy atom. The quantitative estimate of drug-likeness (QED) is 0.557. The van der Waals surface area contributed by atoms with Crippen LogP contribution in [0, 0.1) is 5.82 Å². The number of hydrogen-bond donors (Lipinski definition) is 1. The maximum atomic E-state index is 13.3. The second-order valence-electron chi connectivity index (χ2n) is 8.96. The minimum Gasteiger partial charge on any atom is -0.462 e. The van der Waals surface area contributed by atoms with Gasteiger partial charge in [0, 0.05) is 30.6 Å². The van der Waals surface area contributed by atoms with Gasteiger partial charge in [0.1, 0.15) is 16.9 Å². The minimum atomic E-state index is -3.99. The van der Waals surface area contributed by atoms with Crippen LogP contribution in [-0.2, 0) is 32.5 Å². The number of carbonyl (C=O) groups excluding carboxylic acids is 2. The number of halogens is 1. The van der Waals surface area contributed by atoms with Gasteiger partial charge in [0.15, 0.2) is 0 Å². The molecule has 0 bridgehead atoms. The Hall–Kier alpha value is -2.34. The molecule has 1 saturated heterocycles. The lowest BCUT2D eigenvalue weighted by atomic mass is 10.0. The smallest absolute Gasteiger partial charge is 0.341 e. The summed E-state index contributed by atoms with van der Waals surface area (Å²) in [7, 11) is -3.99. The zero-order chi connectivity index (χ0) is 25.3. The molecular weight excluding hydrogens is 493 g/mol. The van der Waals surface area contributed by atoms with Gasteiger partial charge in [0.05, 0.1) is 17.1 Å². The molecule has 1 aromatic heterocycles. The Balaban J connectivity index is 1.61. The van der Waals surface area contributed by atoms with Gasteiger partial charge >= 0.3 is 5.97 Å². The summed E-state index contributed by atoms with van der Waals surface area (Å²) in [6.07, 6.45) is 1.54. The van der Waals surface area contributed by atoms with Gasteiger partial charge in [-0.1, -0.05) is 0 Å². The molecule has 1 atom stereocenters. The van der Waals surface area contributed by atoms with Gasteiger partial charge in [0.2, 0.25) is 15.9 Å². The van der Waals surface area contributed by atoms with Crippen molar-refractivity contribution in [3.8, 4) is 0 Å². The molecule has 190 valence electrons. The summed E-state index contributed by atoms with van der Waals surface area (Å²) in [6, 6.07) is 3.99. The Kier molecular flexibility index (Phi) is 7.60. The molecule has 3 heterocycles. The van der Waals surface area contributed by atoms with Crippen LogP contribution in [0.2, 0.25) is 0 Å². The molecule has 2 aromatic rings. The molecule has 0 saturated carbocycles. The normalized spacial score (nSPS) is 19.1. The first kappa shape index (κ1) is 25.7. The molecule has 1 aromatic carbocycles. The largest absolute Gasteiger partial charge is 0.462 e. The van der Waals surface area contributed by atoms with Crippen LogP contribution in [0.15, 0.2) is 29.2 Å². The molecule has 11 heteroatoms. The monoisotopic (exact) mass is 523 g/mol. The lowest BCUT2D eigenvalue weighted by Crippen LogP contribution is -2.43. The molecule has 2 aliphatic heterocycles. The number of carbonyl (C=O) groups is 2. The van der Waals surface area contributed by atoms with Gasteiger partial charge in [-0.15, -0.1) is 11.3 Å². The lowest BCUT2D eigenvalue weighted by molar-refractivity contribution is -0.119. The Labute approximate surface area is 209 Å². The molecule has 1 unspecified atom stereocenters. The third kappa shape index (κ3) is 5.13. The van der Waals surface area contributed by atoms with Crippen LogP contribution in [-0.4, -0.2) is 61.3 Å². The summed E-state index contributed by atoms with van der Waals surface area (Å²) in [4.78, 5) is 29.4. The fraction of sp³-hybridized carbons (Fsp3) is 0.500. The van der Waals surface area contributed by atoms with Crippen molar-refractivity contribution in [3.05, 3.63) is 46.1 Å². The summed E-state index contributed by atoms with van der Waals surface area (Å²) in [5.41, 5.74) is 1.26. The van der Waals surface area contributed by atoms with Crippen LogP contribution in [0.1, 0.15) is 54.4 Å². The van der Waals surface area contributed by atoms with Crippen LogP contribution < -0.4 is 5.32 Å². The number of anilines is 1. The number of fused-ring (bicyclic) bond motifs is 1. The first-order chi connectivity index (χ1) is 16.6. The average molecular weight is 524 g/mol. The molecule has 35 heavy (non-hydrogen) atoms. The fourth-order valence-electron chi connectivity index (χ4n) is 4.60. The number of nitrogens with zero attached hydrogens (tertiary/aromatic N) is 2. The van der Waals surface area contributed by atoms with E-state index in [1.54, 1.807) is 6.92 Å². The van der Waals surface area contributed by atoms with E-state index in [0.717, 1.165) is 33.4 Å². The van der Waals surface area contributed by atoms with Gasteiger partial charge < -0.3 is 10.1 Å². The standard InChI is InChI=1S/C24H30FN3O5S2/c1-4-33-24(30)21-18-11-13-27(15(2)3)14-20(18)34-23(21)26-22(29)19-6-5-12-28(19)35(31,32)17-9-7-16(25)8-10-17/h7-10,15,19H,4-6,11-14H2,1-3H3,(H,26,29). The fourth-order valence-corrected chi connectivity index (χ4v) is 7.52. The van der Waals surface area contributed by atoms with Crippen LogP contribution in [0.5, 0.6) is 0 Å². The van der Waals surface area contributed by atoms with Crippen LogP contribution in [0.25, 0.3) is 0 Å². The summed E-state index contributed by atoms with van der Waals surface area (Å²) < 4.78 is 46.1. The van der Waals surface area contributed by atoms with E-state index in [2.05, 4.69) is 24.1 Å². The Morgan fingerprint density at radius 1 is 1.23 bits per heavy atom. The van der Waals surface area contributed by atoms with Gasteiger partial charge in [-0.3, -0.25) is 9.69 Å². The summed E-state index contributed by atoms with van der Waals surface area (Å²) >= 11 is 1.35. The molecule has 0 radical (unpaired) electrons. The average Bonchev–Trinajstić information content (AvgIpc) is 3.44. The first-order valence-corrected chi connectivity index (χ1v) is 14.0. The zero-order valence-electron chi connectivity index (χ0n) is 20.0. The predicted octanol–water partition coefficient (Wildman–Crippen LogP) is 3.62. The van der Waals surface area contributed by atoms with Gasteiger partial charge in [-0.25, -0.2) is 17.6 Å². The van der Waals surface area contributed by atoms with Crippen molar-refractivity contribution in [1.82, 2.24) is 9.21 Å². The molecule has 1 fully saturated rings. The number of rotatable bonds is 7. The second kappa shape index (κ2) is 10.3. The highest BCUT2D eigenvalue weighted by Gasteiger charge is 2.40. The van der Waals surface area contributed by atoms with E-state index in [9.17, 15) is 22.4 Å². The van der Waals surface area contributed by atoms with E-state index in [4.69, 9.17) is 4.74 Å². The highest BCUT2D eigenvalue weighted by atomic mass is 32.2. The number of esters is 1. The third-order valence-electron chi connectivity index (χ3n) is 6.46. The highest BCUT2D eigenvalue weighted by molar-refractivity contribution is 7.89. The SMILES string of the molecule is CCOC(=O)c1c(NC(=O)C2CCCN2S(=O)(=O)c2ccc(F)cc2)sc2c1CCN(C(C)C)C2. The van der Waals surface area contributed by atoms with E-state index >= 15 is 0 Å². The van der Waals surface area contributed by atoms with Crippen molar-refractivity contribution in [2.24, 2.45) is 0 Å². The number of ether oxygens (including phenoxy) is 1. The molecule has 8 nitrogen and oxygen atoms in total. The van der Waals surface area contributed by atoms with E-state index in [-0.39, 0.29) is 18.0 Å².